The molecule has 0 aliphatic carbocycles. The van der Waals surface area contributed by atoms with Crippen LogP contribution in [0.2, 0.25) is 0 Å². The zero-order valence-electron chi connectivity index (χ0n) is 16.4. The summed E-state index contributed by atoms with van der Waals surface area (Å²) in [5.74, 6) is 0.00684. The van der Waals surface area contributed by atoms with Gasteiger partial charge in [-0.15, -0.1) is 0 Å². The minimum absolute atomic E-state index is 0.0115. The van der Waals surface area contributed by atoms with Crippen LogP contribution >= 0.6 is 0 Å². The van der Waals surface area contributed by atoms with Crippen LogP contribution in [0.5, 0.6) is 5.75 Å². The maximum Gasteiger partial charge on any atom is 0.287 e. The lowest BCUT2D eigenvalue weighted by Crippen LogP contribution is -2.33. The van der Waals surface area contributed by atoms with Crippen molar-refractivity contribution in [1.29, 1.82) is 0 Å². The topological polar surface area (TPSA) is 84.7 Å². The number of amides is 2. The van der Waals surface area contributed by atoms with Gasteiger partial charge in [0.15, 0.2) is 5.69 Å². The van der Waals surface area contributed by atoms with Gasteiger partial charge in [-0.1, -0.05) is 19.1 Å². The number of hydrogen-bond acceptors (Lipinski definition) is 4. The number of rotatable bonds is 6. The van der Waals surface area contributed by atoms with Gasteiger partial charge in [0.05, 0.1) is 18.3 Å². The summed E-state index contributed by atoms with van der Waals surface area (Å²) < 4.78 is 6.94. The van der Waals surface area contributed by atoms with Crippen molar-refractivity contribution in [1.82, 2.24) is 14.7 Å². The maximum absolute atomic E-state index is 12.9. The monoisotopic (exact) mass is 380 g/mol. The zero-order valence-corrected chi connectivity index (χ0v) is 16.4. The first kappa shape index (κ1) is 19.4. The maximum atomic E-state index is 12.9. The molecule has 0 fully saturated rings. The molecule has 2 N–H and O–H groups in total. The number of carbonyl (C=O) groups is 2. The van der Waals surface area contributed by atoms with Gasteiger partial charge in [-0.25, -0.2) is 4.98 Å². The minimum Gasteiger partial charge on any atom is -0.495 e. The molecule has 2 aromatic heterocycles. The summed E-state index contributed by atoms with van der Waals surface area (Å²) in [6.45, 7) is 5.84. The number of aromatic nitrogens is 2. The average molecular weight is 380 g/mol. The minimum atomic E-state index is -0.407. The first-order chi connectivity index (χ1) is 13.4. The molecule has 1 atom stereocenters. The van der Waals surface area contributed by atoms with Crippen LogP contribution in [-0.4, -0.2) is 34.4 Å². The Morgan fingerprint density at radius 2 is 2.00 bits per heavy atom. The van der Waals surface area contributed by atoms with Gasteiger partial charge < -0.3 is 15.4 Å². The molecule has 28 heavy (non-hydrogen) atoms. The van der Waals surface area contributed by atoms with Crippen molar-refractivity contribution < 1.29 is 14.3 Å². The fraction of sp³-hybridized carbons (Fsp3) is 0.286. The molecule has 0 spiro atoms. The van der Waals surface area contributed by atoms with Gasteiger partial charge in [0.25, 0.3) is 11.8 Å². The second-order valence-electron chi connectivity index (χ2n) is 6.68. The van der Waals surface area contributed by atoms with Crippen molar-refractivity contribution in [3.63, 3.8) is 0 Å². The number of anilines is 1. The van der Waals surface area contributed by atoms with E-state index in [-0.39, 0.29) is 23.5 Å². The molecule has 2 heterocycles. The number of hydrogen-bond donors (Lipinski definition) is 2. The van der Waals surface area contributed by atoms with Gasteiger partial charge in [0.1, 0.15) is 5.75 Å². The molecule has 2 amide bonds. The number of fused-ring (bicyclic) bond motifs is 1. The van der Waals surface area contributed by atoms with Gasteiger partial charge in [0, 0.05) is 12.2 Å². The van der Waals surface area contributed by atoms with Crippen molar-refractivity contribution in [2.75, 3.05) is 12.4 Å². The highest BCUT2D eigenvalue weighted by Crippen LogP contribution is 2.26. The van der Waals surface area contributed by atoms with E-state index in [1.165, 1.54) is 0 Å². The summed E-state index contributed by atoms with van der Waals surface area (Å²) in [7, 11) is 1.55. The summed E-state index contributed by atoms with van der Waals surface area (Å²) in [5, 5.41) is 5.74. The van der Waals surface area contributed by atoms with E-state index in [0.717, 1.165) is 12.0 Å². The van der Waals surface area contributed by atoms with Gasteiger partial charge in [-0.2, -0.15) is 0 Å². The number of nitrogens with zero attached hydrogens (tertiary/aromatic N) is 2. The molecule has 0 radical (unpaired) electrons. The van der Waals surface area contributed by atoms with Crippen molar-refractivity contribution in [3.8, 4) is 5.75 Å². The third kappa shape index (κ3) is 3.83. The van der Waals surface area contributed by atoms with Crippen LogP contribution in [0.1, 0.15) is 46.9 Å². The van der Waals surface area contributed by atoms with Gasteiger partial charge in [-0.05, 0) is 50.1 Å². The molecule has 0 aliphatic rings. The van der Waals surface area contributed by atoms with Crippen molar-refractivity contribution >= 4 is 23.0 Å². The van der Waals surface area contributed by atoms with Crippen LogP contribution in [0.15, 0.2) is 42.6 Å². The molecule has 0 aliphatic heterocycles. The average Bonchev–Trinajstić information content (AvgIpc) is 3.08. The van der Waals surface area contributed by atoms with E-state index in [4.69, 9.17) is 4.74 Å². The Morgan fingerprint density at radius 1 is 1.21 bits per heavy atom. The molecule has 3 aromatic rings. The first-order valence-corrected chi connectivity index (χ1v) is 9.18. The van der Waals surface area contributed by atoms with E-state index < -0.39 is 5.91 Å². The zero-order chi connectivity index (χ0) is 20.3. The van der Waals surface area contributed by atoms with Crippen molar-refractivity contribution in [3.05, 3.63) is 59.7 Å². The van der Waals surface area contributed by atoms with Gasteiger partial charge in [0.2, 0.25) is 5.82 Å². The van der Waals surface area contributed by atoms with Crippen LogP contribution in [0, 0.1) is 6.92 Å². The van der Waals surface area contributed by atoms with Crippen LogP contribution in [0.25, 0.3) is 5.52 Å². The van der Waals surface area contributed by atoms with Gasteiger partial charge >= 0.3 is 0 Å². The van der Waals surface area contributed by atoms with E-state index in [9.17, 15) is 9.59 Å². The van der Waals surface area contributed by atoms with Crippen molar-refractivity contribution in [2.24, 2.45) is 0 Å². The Kier molecular flexibility index (Phi) is 5.63. The van der Waals surface area contributed by atoms with E-state index in [1.807, 2.05) is 32.9 Å². The summed E-state index contributed by atoms with van der Waals surface area (Å²) in [6, 6.07) is 10.9. The number of methoxy groups -OCH3 is 1. The quantitative estimate of drug-likeness (QED) is 0.686. The molecule has 0 bridgehead atoms. The normalized spacial score (nSPS) is 11.9. The first-order valence-electron chi connectivity index (χ1n) is 9.18. The predicted molar refractivity (Wildman–Crippen MR) is 108 cm³/mol. The lowest BCUT2D eigenvalue weighted by molar-refractivity contribution is 0.0928. The standard InChI is InChI=1S/C21H24N4O3/c1-5-14(3)22-21(27)19-24-18(16-8-6-7-11-25(16)19)20(26)23-15-12-13(2)9-10-17(15)28-4/h6-12,14H,5H2,1-4H3,(H,22,27)(H,23,26). The van der Waals surface area contributed by atoms with Crippen LogP contribution in [-0.2, 0) is 0 Å². The highest BCUT2D eigenvalue weighted by molar-refractivity contribution is 6.09. The van der Waals surface area contributed by atoms with Gasteiger partial charge in [-0.3, -0.25) is 14.0 Å². The largest absolute Gasteiger partial charge is 0.495 e. The summed E-state index contributed by atoms with van der Waals surface area (Å²) >= 11 is 0. The van der Waals surface area contributed by atoms with Crippen molar-refractivity contribution in [2.45, 2.75) is 33.2 Å². The highest BCUT2D eigenvalue weighted by atomic mass is 16.5. The Balaban J connectivity index is 1.98. The molecule has 0 saturated heterocycles. The predicted octanol–water partition coefficient (Wildman–Crippen LogP) is 3.43. The Hall–Kier alpha value is -3.35. The molecular weight excluding hydrogens is 356 g/mol. The fourth-order valence-corrected chi connectivity index (χ4v) is 2.86. The highest BCUT2D eigenvalue weighted by Gasteiger charge is 2.22. The van der Waals surface area contributed by atoms with E-state index in [2.05, 4.69) is 15.6 Å². The number of imidazole rings is 1. The molecule has 7 nitrogen and oxygen atoms in total. The molecular formula is C21H24N4O3. The van der Waals surface area contributed by atoms with Crippen LogP contribution in [0.4, 0.5) is 5.69 Å². The number of benzene rings is 1. The lowest BCUT2D eigenvalue weighted by atomic mass is 10.2. The third-order valence-electron chi connectivity index (χ3n) is 4.56. The van der Waals surface area contributed by atoms with E-state index in [1.54, 1.807) is 42.0 Å². The fourth-order valence-electron chi connectivity index (χ4n) is 2.86. The van der Waals surface area contributed by atoms with E-state index in [0.29, 0.717) is 17.0 Å². The number of aryl methyl sites for hydroxylation is 1. The molecule has 1 unspecified atom stereocenters. The molecule has 1 aromatic carbocycles. The Morgan fingerprint density at radius 3 is 2.71 bits per heavy atom. The number of carbonyl (C=O) groups excluding carboxylic acids is 2. The Labute approximate surface area is 163 Å². The molecule has 0 saturated carbocycles. The third-order valence-corrected chi connectivity index (χ3v) is 4.56. The molecule has 146 valence electrons. The second kappa shape index (κ2) is 8.12. The number of ether oxygens (including phenoxy) is 1. The second-order valence-corrected chi connectivity index (χ2v) is 6.68. The summed E-state index contributed by atoms with van der Waals surface area (Å²) in [5.41, 5.74) is 2.27. The smallest absolute Gasteiger partial charge is 0.287 e. The summed E-state index contributed by atoms with van der Waals surface area (Å²) in [4.78, 5) is 29.9. The molecule has 3 rings (SSSR count). The Bertz CT molecular complexity index is 1030. The number of pyridine rings is 1. The van der Waals surface area contributed by atoms with E-state index >= 15 is 0 Å². The van der Waals surface area contributed by atoms with Crippen LogP contribution in [0.3, 0.4) is 0 Å². The van der Waals surface area contributed by atoms with Crippen LogP contribution < -0.4 is 15.4 Å². The summed E-state index contributed by atoms with van der Waals surface area (Å²) in [6.07, 6.45) is 2.52. The molecule has 7 heteroatoms. The SMILES string of the molecule is CCC(C)NC(=O)c1nc(C(=O)Nc2cc(C)ccc2OC)c2ccccn12. The number of nitrogens with one attached hydrogen (secondary N) is 2. The lowest BCUT2D eigenvalue weighted by Gasteiger charge is -2.10.